The van der Waals surface area contributed by atoms with Gasteiger partial charge in [0.05, 0.1) is 7.11 Å². The third-order valence-corrected chi connectivity index (χ3v) is 5.70. The van der Waals surface area contributed by atoms with Gasteiger partial charge in [0.15, 0.2) is 11.5 Å². The average Bonchev–Trinajstić information content (AvgIpc) is 3.19. The molecule has 0 atom stereocenters. The second-order valence-electron chi connectivity index (χ2n) is 7.24. The van der Waals surface area contributed by atoms with E-state index in [9.17, 15) is 0 Å². The molecule has 1 aromatic heterocycles. The van der Waals surface area contributed by atoms with Crippen LogP contribution in [0.4, 0.5) is 0 Å². The zero-order chi connectivity index (χ0) is 19.1. The summed E-state index contributed by atoms with van der Waals surface area (Å²) in [5, 5.41) is 5.76. The molecule has 0 bridgehead atoms. The molecule has 0 saturated carbocycles. The Balaban J connectivity index is 1.48. The summed E-state index contributed by atoms with van der Waals surface area (Å²) in [5.41, 5.74) is 2.47. The minimum atomic E-state index is 0.576. The van der Waals surface area contributed by atoms with E-state index in [1.54, 1.807) is 18.4 Å². The lowest BCUT2D eigenvalue weighted by molar-refractivity contribution is 0.211. The van der Waals surface area contributed by atoms with Crippen molar-refractivity contribution in [1.29, 1.82) is 0 Å². The number of thiophene rings is 1. The highest BCUT2D eigenvalue weighted by molar-refractivity contribution is 7.09. The minimum Gasteiger partial charge on any atom is -0.493 e. The summed E-state index contributed by atoms with van der Waals surface area (Å²) >= 11 is 1.70. The van der Waals surface area contributed by atoms with Gasteiger partial charge in [-0.25, -0.2) is 0 Å². The Labute approximate surface area is 166 Å². The molecule has 2 heterocycles. The second-order valence-corrected chi connectivity index (χ2v) is 8.27. The normalized spacial score (nSPS) is 15.6. The van der Waals surface area contributed by atoms with Crippen molar-refractivity contribution in [3.05, 3.63) is 58.3 Å². The van der Waals surface area contributed by atoms with Gasteiger partial charge in [-0.05, 0) is 62.0 Å². The maximum atomic E-state index is 5.92. The first kappa shape index (κ1) is 19.9. The summed E-state index contributed by atoms with van der Waals surface area (Å²) in [6.07, 6.45) is 2.37. The monoisotopic (exact) mass is 386 g/mol. The largest absolute Gasteiger partial charge is 0.493 e. The molecular formula is C22H30N2O2S. The van der Waals surface area contributed by atoms with Crippen LogP contribution in [0.2, 0.25) is 0 Å². The number of hydrogen-bond donors (Lipinski definition) is 1. The maximum Gasteiger partial charge on any atom is 0.161 e. The SMILES string of the molecule is C=C(C)CN1CCC(NCc2ccc(OCc3cccs3)c(OC)c2)CC1. The molecule has 0 amide bonds. The van der Waals surface area contributed by atoms with Gasteiger partial charge in [0.2, 0.25) is 0 Å². The van der Waals surface area contributed by atoms with Gasteiger partial charge in [0, 0.05) is 24.0 Å². The molecule has 4 nitrogen and oxygen atoms in total. The van der Waals surface area contributed by atoms with Crippen molar-refractivity contribution in [2.45, 2.75) is 39.0 Å². The Kier molecular flexibility index (Phi) is 7.33. The van der Waals surface area contributed by atoms with Crippen LogP contribution in [-0.2, 0) is 13.2 Å². The highest BCUT2D eigenvalue weighted by Crippen LogP contribution is 2.29. The zero-order valence-electron chi connectivity index (χ0n) is 16.4. The van der Waals surface area contributed by atoms with Crippen LogP contribution in [0.15, 0.2) is 47.9 Å². The summed E-state index contributed by atoms with van der Waals surface area (Å²) < 4.78 is 11.5. The summed E-state index contributed by atoms with van der Waals surface area (Å²) in [5.74, 6) is 1.59. The predicted molar refractivity (Wildman–Crippen MR) is 113 cm³/mol. The molecular weight excluding hydrogens is 356 g/mol. The third kappa shape index (κ3) is 6.09. The number of methoxy groups -OCH3 is 1. The molecule has 1 aromatic carbocycles. The van der Waals surface area contributed by atoms with Crippen molar-refractivity contribution in [2.75, 3.05) is 26.7 Å². The number of benzene rings is 1. The summed E-state index contributed by atoms with van der Waals surface area (Å²) in [7, 11) is 1.70. The topological polar surface area (TPSA) is 33.7 Å². The van der Waals surface area contributed by atoms with E-state index in [1.807, 2.05) is 12.1 Å². The molecule has 146 valence electrons. The fourth-order valence-corrected chi connectivity index (χ4v) is 4.04. The molecule has 1 aliphatic rings. The van der Waals surface area contributed by atoms with E-state index in [0.29, 0.717) is 12.6 Å². The number of rotatable bonds is 9. The molecule has 0 radical (unpaired) electrons. The molecule has 3 rings (SSSR count). The van der Waals surface area contributed by atoms with Crippen LogP contribution in [0.5, 0.6) is 11.5 Å². The Morgan fingerprint density at radius 3 is 2.74 bits per heavy atom. The van der Waals surface area contributed by atoms with Gasteiger partial charge in [-0.3, -0.25) is 4.90 Å². The van der Waals surface area contributed by atoms with Crippen molar-refractivity contribution in [3.8, 4) is 11.5 Å². The number of ether oxygens (including phenoxy) is 2. The van der Waals surface area contributed by atoms with Crippen molar-refractivity contribution in [1.82, 2.24) is 10.2 Å². The van der Waals surface area contributed by atoms with Crippen LogP contribution in [0.3, 0.4) is 0 Å². The molecule has 2 aromatic rings. The van der Waals surface area contributed by atoms with Crippen LogP contribution in [0.1, 0.15) is 30.2 Å². The first-order valence-corrected chi connectivity index (χ1v) is 10.4. The molecule has 1 aliphatic heterocycles. The van der Waals surface area contributed by atoms with E-state index in [4.69, 9.17) is 9.47 Å². The zero-order valence-corrected chi connectivity index (χ0v) is 17.2. The van der Waals surface area contributed by atoms with Crippen molar-refractivity contribution >= 4 is 11.3 Å². The lowest BCUT2D eigenvalue weighted by Gasteiger charge is -2.32. The molecule has 5 heteroatoms. The number of piperidine rings is 1. The van der Waals surface area contributed by atoms with Crippen LogP contribution < -0.4 is 14.8 Å². The molecule has 1 N–H and O–H groups in total. The highest BCUT2D eigenvalue weighted by atomic mass is 32.1. The van der Waals surface area contributed by atoms with E-state index in [-0.39, 0.29) is 0 Å². The smallest absolute Gasteiger partial charge is 0.161 e. The van der Waals surface area contributed by atoms with Crippen molar-refractivity contribution in [3.63, 3.8) is 0 Å². The van der Waals surface area contributed by atoms with Gasteiger partial charge in [-0.1, -0.05) is 24.3 Å². The average molecular weight is 387 g/mol. The van der Waals surface area contributed by atoms with Gasteiger partial charge in [0.25, 0.3) is 0 Å². The van der Waals surface area contributed by atoms with E-state index in [1.165, 1.54) is 28.9 Å². The standard InChI is InChI=1S/C22H30N2O2S/c1-17(2)15-24-10-8-19(9-11-24)23-14-18-6-7-21(22(13-18)25-3)26-16-20-5-4-12-27-20/h4-7,12-13,19,23H,1,8-11,14-16H2,2-3H3. The Morgan fingerprint density at radius 1 is 1.26 bits per heavy atom. The first-order chi connectivity index (χ1) is 13.1. The molecule has 0 spiro atoms. The fraction of sp³-hybridized carbons (Fsp3) is 0.455. The van der Waals surface area contributed by atoms with E-state index in [2.05, 4.69) is 47.3 Å². The van der Waals surface area contributed by atoms with E-state index < -0.39 is 0 Å². The lowest BCUT2D eigenvalue weighted by atomic mass is 10.0. The van der Waals surface area contributed by atoms with E-state index in [0.717, 1.165) is 37.7 Å². The summed E-state index contributed by atoms with van der Waals surface area (Å²) in [6.45, 7) is 10.9. The Bertz CT molecular complexity index is 722. The van der Waals surface area contributed by atoms with Gasteiger partial charge in [-0.2, -0.15) is 0 Å². The molecule has 27 heavy (non-hydrogen) atoms. The predicted octanol–water partition coefficient (Wildman–Crippen LogP) is 4.47. The van der Waals surface area contributed by atoms with Gasteiger partial charge in [0.1, 0.15) is 6.61 Å². The van der Waals surface area contributed by atoms with Crippen LogP contribution >= 0.6 is 11.3 Å². The van der Waals surface area contributed by atoms with Crippen molar-refractivity contribution < 1.29 is 9.47 Å². The summed E-state index contributed by atoms with van der Waals surface area (Å²) in [6, 6.07) is 10.9. The lowest BCUT2D eigenvalue weighted by Crippen LogP contribution is -2.42. The number of likely N-dealkylation sites (tertiary alicyclic amines) is 1. The quantitative estimate of drug-likeness (QED) is 0.645. The minimum absolute atomic E-state index is 0.576. The first-order valence-electron chi connectivity index (χ1n) is 9.56. The van der Waals surface area contributed by atoms with Gasteiger partial charge >= 0.3 is 0 Å². The Hall–Kier alpha value is -1.82. The molecule has 1 fully saturated rings. The fourth-order valence-electron chi connectivity index (χ4n) is 3.42. The van der Waals surface area contributed by atoms with Crippen molar-refractivity contribution in [2.24, 2.45) is 0 Å². The number of nitrogens with zero attached hydrogens (tertiary/aromatic N) is 1. The maximum absolute atomic E-state index is 5.92. The van der Waals surface area contributed by atoms with Gasteiger partial charge < -0.3 is 14.8 Å². The Morgan fingerprint density at radius 2 is 2.07 bits per heavy atom. The molecule has 0 aliphatic carbocycles. The molecule has 0 unspecified atom stereocenters. The number of hydrogen-bond acceptors (Lipinski definition) is 5. The van der Waals surface area contributed by atoms with Crippen LogP contribution in [0, 0.1) is 0 Å². The number of nitrogens with one attached hydrogen (secondary N) is 1. The highest BCUT2D eigenvalue weighted by Gasteiger charge is 2.18. The van der Waals surface area contributed by atoms with Gasteiger partial charge in [-0.15, -0.1) is 11.3 Å². The van der Waals surface area contributed by atoms with E-state index >= 15 is 0 Å². The molecule has 1 saturated heterocycles. The third-order valence-electron chi connectivity index (χ3n) is 4.85. The van der Waals surface area contributed by atoms with Crippen LogP contribution in [0.25, 0.3) is 0 Å². The summed E-state index contributed by atoms with van der Waals surface area (Å²) in [4.78, 5) is 3.70. The van der Waals surface area contributed by atoms with Crippen LogP contribution in [-0.4, -0.2) is 37.7 Å². The second kappa shape index (κ2) is 9.93.